The van der Waals surface area contributed by atoms with Crippen LogP contribution in [-0.2, 0) is 6.42 Å². The predicted octanol–water partition coefficient (Wildman–Crippen LogP) is 4.68. The second kappa shape index (κ2) is 5.52. The van der Waals surface area contributed by atoms with Gasteiger partial charge in [-0.25, -0.2) is 0 Å². The first-order valence-electron chi connectivity index (χ1n) is 8.08. The monoisotopic (exact) mass is 326 g/mol. The number of fused-ring (bicyclic) bond motifs is 1. The number of hydrogen-bond acceptors (Lipinski definition) is 3. The molecular weight excluding hydrogens is 300 g/mol. The standard InChI is InChI=1S/C17H27ClN2S/c1-16(2)9-11(10-17(3,4)20-16)19-13-6-5-7-14-12(13)8-15(18)21-14/h8,11,13,19-20H,5-7,9-10H2,1-4H3. The van der Waals surface area contributed by atoms with Gasteiger partial charge in [0.1, 0.15) is 0 Å². The normalized spacial score (nSPS) is 28.3. The maximum atomic E-state index is 6.23. The van der Waals surface area contributed by atoms with E-state index in [4.69, 9.17) is 11.6 Å². The van der Waals surface area contributed by atoms with Crippen LogP contribution in [0.4, 0.5) is 0 Å². The van der Waals surface area contributed by atoms with Crippen LogP contribution in [-0.4, -0.2) is 17.1 Å². The van der Waals surface area contributed by atoms with E-state index in [1.54, 1.807) is 11.3 Å². The molecular formula is C17H27ClN2S. The summed E-state index contributed by atoms with van der Waals surface area (Å²) in [6, 6.07) is 3.26. The highest BCUT2D eigenvalue weighted by Gasteiger charge is 2.38. The number of aryl methyl sites for hydroxylation is 1. The summed E-state index contributed by atoms with van der Waals surface area (Å²) in [7, 11) is 0. The van der Waals surface area contributed by atoms with Crippen molar-refractivity contribution in [2.24, 2.45) is 0 Å². The molecule has 1 atom stereocenters. The largest absolute Gasteiger partial charge is 0.307 e. The lowest BCUT2D eigenvalue weighted by Crippen LogP contribution is -2.61. The fraction of sp³-hybridized carbons (Fsp3) is 0.765. The molecule has 2 aliphatic rings. The van der Waals surface area contributed by atoms with Gasteiger partial charge >= 0.3 is 0 Å². The second-order valence-electron chi connectivity index (χ2n) is 8.04. The number of halogens is 1. The molecule has 0 spiro atoms. The Hall–Kier alpha value is -0.0900. The third-order valence-corrected chi connectivity index (χ3v) is 6.05. The highest BCUT2D eigenvalue weighted by atomic mass is 35.5. The molecule has 118 valence electrons. The molecule has 1 saturated heterocycles. The molecule has 0 saturated carbocycles. The molecule has 0 radical (unpaired) electrons. The Bertz CT molecular complexity index is 505. The van der Waals surface area contributed by atoms with E-state index in [0.29, 0.717) is 12.1 Å². The van der Waals surface area contributed by atoms with Crippen LogP contribution in [0.25, 0.3) is 0 Å². The van der Waals surface area contributed by atoms with Gasteiger partial charge in [0.2, 0.25) is 0 Å². The Morgan fingerprint density at radius 2 is 1.90 bits per heavy atom. The topological polar surface area (TPSA) is 24.1 Å². The maximum absolute atomic E-state index is 6.23. The lowest BCUT2D eigenvalue weighted by atomic mass is 9.79. The summed E-state index contributed by atoms with van der Waals surface area (Å²) in [4.78, 5) is 1.50. The van der Waals surface area contributed by atoms with Crippen molar-refractivity contribution in [2.75, 3.05) is 0 Å². The molecule has 1 aliphatic heterocycles. The lowest BCUT2D eigenvalue weighted by molar-refractivity contribution is 0.137. The first kappa shape index (κ1) is 15.8. The van der Waals surface area contributed by atoms with Gasteiger partial charge in [0.15, 0.2) is 0 Å². The molecule has 4 heteroatoms. The Morgan fingerprint density at radius 1 is 1.24 bits per heavy atom. The van der Waals surface area contributed by atoms with Gasteiger partial charge in [-0.15, -0.1) is 11.3 Å². The summed E-state index contributed by atoms with van der Waals surface area (Å²) in [5.74, 6) is 0. The minimum Gasteiger partial charge on any atom is -0.307 e. The maximum Gasteiger partial charge on any atom is 0.0934 e. The van der Waals surface area contributed by atoms with Crippen LogP contribution < -0.4 is 10.6 Å². The van der Waals surface area contributed by atoms with Crippen molar-refractivity contribution in [3.05, 3.63) is 20.8 Å². The Morgan fingerprint density at radius 3 is 2.57 bits per heavy atom. The van der Waals surface area contributed by atoms with Crippen molar-refractivity contribution in [1.82, 2.24) is 10.6 Å². The van der Waals surface area contributed by atoms with Gasteiger partial charge in [-0.05, 0) is 71.4 Å². The minimum atomic E-state index is 0.198. The van der Waals surface area contributed by atoms with Crippen molar-refractivity contribution in [3.8, 4) is 0 Å². The molecule has 1 aromatic rings. The van der Waals surface area contributed by atoms with Crippen LogP contribution in [0, 0.1) is 0 Å². The first-order valence-corrected chi connectivity index (χ1v) is 9.27. The van der Waals surface area contributed by atoms with E-state index in [2.05, 4.69) is 44.4 Å². The number of hydrogen-bond donors (Lipinski definition) is 2. The number of rotatable bonds is 2. The molecule has 2 N–H and O–H groups in total. The van der Waals surface area contributed by atoms with E-state index in [-0.39, 0.29) is 11.1 Å². The molecule has 0 bridgehead atoms. The van der Waals surface area contributed by atoms with Crippen molar-refractivity contribution in [2.45, 2.75) is 83.0 Å². The molecule has 21 heavy (non-hydrogen) atoms. The smallest absolute Gasteiger partial charge is 0.0934 e. The van der Waals surface area contributed by atoms with Gasteiger partial charge in [0.25, 0.3) is 0 Å². The van der Waals surface area contributed by atoms with Gasteiger partial charge in [-0.1, -0.05) is 11.6 Å². The van der Waals surface area contributed by atoms with E-state index >= 15 is 0 Å². The SMILES string of the molecule is CC1(C)CC(NC2CCCc3sc(Cl)cc32)CC(C)(C)N1. The molecule has 3 rings (SSSR count). The van der Waals surface area contributed by atoms with E-state index in [1.165, 1.54) is 42.5 Å². The Labute approximate surface area is 137 Å². The fourth-order valence-corrected chi connectivity index (χ4v) is 5.80. The molecule has 0 aromatic carbocycles. The van der Waals surface area contributed by atoms with Crippen LogP contribution in [0.2, 0.25) is 4.34 Å². The second-order valence-corrected chi connectivity index (χ2v) is 9.81. The minimum absolute atomic E-state index is 0.198. The van der Waals surface area contributed by atoms with Crippen molar-refractivity contribution in [1.29, 1.82) is 0 Å². The third kappa shape index (κ3) is 3.64. The number of thiophene rings is 1. The summed E-state index contributed by atoms with van der Waals surface area (Å²) in [6.45, 7) is 9.26. The zero-order valence-electron chi connectivity index (χ0n) is 13.6. The predicted molar refractivity (Wildman–Crippen MR) is 92.5 cm³/mol. The van der Waals surface area contributed by atoms with Crippen LogP contribution in [0.15, 0.2) is 6.07 Å². The van der Waals surface area contributed by atoms with Gasteiger partial charge in [-0.3, -0.25) is 0 Å². The van der Waals surface area contributed by atoms with Crippen LogP contribution in [0.5, 0.6) is 0 Å². The van der Waals surface area contributed by atoms with E-state index in [9.17, 15) is 0 Å². The molecule has 1 aliphatic carbocycles. The average molecular weight is 327 g/mol. The van der Waals surface area contributed by atoms with E-state index in [1.807, 2.05) is 0 Å². The summed E-state index contributed by atoms with van der Waals surface area (Å²) < 4.78 is 0.944. The highest BCUT2D eigenvalue weighted by Crippen LogP contribution is 2.39. The zero-order chi connectivity index (χ0) is 15.3. The molecule has 0 amide bonds. The fourth-order valence-electron chi connectivity index (χ4n) is 4.42. The average Bonchev–Trinajstić information content (AvgIpc) is 2.66. The van der Waals surface area contributed by atoms with Crippen molar-refractivity contribution < 1.29 is 0 Å². The summed E-state index contributed by atoms with van der Waals surface area (Å²) in [6.07, 6.45) is 6.08. The van der Waals surface area contributed by atoms with Crippen LogP contribution in [0.3, 0.4) is 0 Å². The summed E-state index contributed by atoms with van der Waals surface area (Å²) in [5.41, 5.74) is 1.86. The van der Waals surface area contributed by atoms with Crippen LogP contribution >= 0.6 is 22.9 Å². The number of piperidine rings is 1. The van der Waals surface area contributed by atoms with Crippen LogP contribution in [0.1, 0.15) is 69.9 Å². The highest BCUT2D eigenvalue weighted by molar-refractivity contribution is 7.16. The summed E-state index contributed by atoms with van der Waals surface area (Å²) >= 11 is 8.00. The Kier molecular flexibility index (Phi) is 4.15. The van der Waals surface area contributed by atoms with Gasteiger partial charge in [0.05, 0.1) is 4.34 Å². The third-order valence-electron chi connectivity index (χ3n) is 4.71. The molecule has 2 heterocycles. The first-order chi connectivity index (χ1) is 9.74. The van der Waals surface area contributed by atoms with E-state index in [0.717, 1.165) is 4.34 Å². The zero-order valence-corrected chi connectivity index (χ0v) is 15.1. The quantitative estimate of drug-likeness (QED) is 0.824. The van der Waals surface area contributed by atoms with Crippen molar-refractivity contribution in [3.63, 3.8) is 0 Å². The summed E-state index contributed by atoms with van der Waals surface area (Å²) in [5, 5.41) is 7.71. The lowest BCUT2D eigenvalue weighted by Gasteiger charge is -2.47. The van der Waals surface area contributed by atoms with Gasteiger partial charge in [0, 0.05) is 28.0 Å². The molecule has 1 fully saturated rings. The number of nitrogens with one attached hydrogen (secondary N) is 2. The molecule has 1 aromatic heterocycles. The van der Waals surface area contributed by atoms with Gasteiger partial charge in [-0.2, -0.15) is 0 Å². The van der Waals surface area contributed by atoms with Gasteiger partial charge < -0.3 is 10.6 Å². The van der Waals surface area contributed by atoms with E-state index < -0.39 is 0 Å². The molecule has 1 unspecified atom stereocenters. The Balaban J connectivity index is 1.75. The van der Waals surface area contributed by atoms with Crippen molar-refractivity contribution >= 4 is 22.9 Å². The molecule has 2 nitrogen and oxygen atoms in total.